The molecule has 0 bridgehead atoms. The van der Waals surface area contributed by atoms with Gasteiger partial charge in [-0.25, -0.2) is 4.39 Å². The number of halogens is 2. The van der Waals surface area contributed by atoms with Crippen LogP contribution in [-0.4, -0.2) is 4.98 Å². The van der Waals surface area contributed by atoms with Crippen LogP contribution >= 0.6 is 11.6 Å². The fourth-order valence-corrected chi connectivity index (χ4v) is 1.55. The van der Waals surface area contributed by atoms with E-state index in [0.29, 0.717) is 12.1 Å². The molecule has 1 aromatic heterocycles. The molecule has 3 heteroatoms. The maximum Gasteiger partial charge on any atom is 0.145 e. The molecule has 0 aliphatic heterocycles. The van der Waals surface area contributed by atoms with Gasteiger partial charge >= 0.3 is 0 Å². The zero-order chi connectivity index (χ0) is 10.7. The largest absolute Gasteiger partial charge is 0.259 e. The fraction of sp³-hybridized carbons (Fsp3) is 0.0833. The lowest BCUT2D eigenvalue weighted by Crippen LogP contribution is -1.94. The molecule has 15 heavy (non-hydrogen) atoms. The quantitative estimate of drug-likeness (QED) is 0.757. The molecule has 0 N–H and O–H groups in total. The van der Waals surface area contributed by atoms with E-state index in [-0.39, 0.29) is 5.02 Å². The van der Waals surface area contributed by atoms with Gasteiger partial charge in [0, 0.05) is 12.6 Å². The van der Waals surface area contributed by atoms with Gasteiger partial charge in [-0.2, -0.15) is 0 Å². The molecule has 1 heterocycles. The summed E-state index contributed by atoms with van der Waals surface area (Å²) in [6, 6.07) is 11.0. The van der Waals surface area contributed by atoms with Crippen LogP contribution in [0.2, 0.25) is 5.02 Å². The van der Waals surface area contributed by atoms with Gasteiger partial charge in [-0.05, 0) is 11.6 Å². The predicted octanol–water partition coefficient (Wildman–Crippen LogP) is 3.46. The summed E-state index contributed by atoms with van der Waals surface area (Å²) in [5.74, 6) is -0.419. The van der Waals surface area contributed by atoms with Crippen LogP contribution in [-0.2, 0) is 6.42 Å². The minimum Gasteiger partial charge on any atom is -0.259 e. The van der Waals surface area contributed by atoms with Gasteiger partial charge < -0.3 is 0 Å². The van der Waals surface area contributed by atoms with E-state index in [0.717, 1.165) is 5.56 Å². The molecular formula is C12H9ClFN. The Kier molecular flexibility index (Phi) is 2.97. The molecule has 0 fully saturated rings. The van der Waals surface area contributed by atoms with Crippen molar-refractivity contribution in [3.05, 3.63) is 64.7 Å². The van der Waals surface area contributed by atoms with E-state index < -0.39 is 5.82 Å². The summed E-state index contributed by atoms with van der Waals surface area (Å²) in [5.41, 5.74) is 1.64. The average Bonchev–Trinajstić information content (AvgIpc) is 2.26. The Balaban J connectivity index is 2.29. The molecule has 2 rings (SSSR count). The van der Waals surface area contributed by atoms with Gasteiger partial charge in [-0.15, -0.1) is 0 Å². The summed E-state index contributed by atoms with van der Waals surface area (Å²) in [6.07, 6.45) is 1.98. The van der Waals surface area contributed by atoms with E-state index in [1.807, 2.05) is 30.3 Å². The monoisotopic (exact) mass is 221 g/mol. The highest BCUT2D eigenvalue weighted by molar-refractivity contribution is 6.31. The molecule has 0 saturated carbocycles. The molecule has 76 valence electrons. The first-order valence-corrected chi connectivity index (χ1v) is 4.98. The van der Waals surface area contributed by atoms with Crippen LogP contribution < -0.4 is 0 Å². The van der Waals surface area contributed by atoms with Crippen LogP contribution in [0.4, 0.5) is 4.39 Å². The molecule has 0 spiro atoms. The summed E-state index contributed by atoms with van der Waals surface area (Å²) in [5, 5.41) is 0.112. The number of nitrogens with zero attached hydrogens (tertiary/aromatic N) is 1. The van der Waals surface area contributed by atoms with Gasteiger partial charge in [0.05, 0.1) is 10.7 Å². The molecule has 2 aromatic rings. The van der Waals surface area contributed by atoms with Crippen LogP contribution in [0.15, 0.2) is 42.6 Å². The molecule has 0 amide bonds. The van der Waals surface area contributed by atoms with Gasteiger partial charge in [-0.3, -0.25) is 4.98 Å². The van der Waals surface area contributed by atoms with Crippen molar-refractivity contribution < 1.29 is 4.39 Å². The predicted molar refractivity (Wildman–Crippen MR) is 58.5 cm³/mol. The number of aromatic nitrogens is 1. The Morgan fingerprint density at radius 2 is 1.87 bits per heavy atom. The van der Waals surface area contributed by atoms with Gasteiger partial charge in [0.1, 0.15) is 5.82 Å². The SMILES string of the molecule is Fc1ccnc(Cc2ccccc2)c1Cl. The van der Waals surface area contributed by atoms with Crippen molar-refractivity contribution in [2.24, 2.45) is 0 Å². The molecule has 1 aromatic carbocycles. The van der Waals surface area contributed by atoms with Crippen molar-refractivity contribution in [2.75, 3.05) is 0 Å². The van der Waals surface area contributed by atoms with Crippen LogP contribution in [0.5, 0.6) is 0 Å². The first-order valence-electron chi connectivity index (χ1n) is 4.60. The van der Waals surface area contributed by atoms with Crippen LogP contribution in [0, 0.1) is 5.82 Å². The Morgan fingerprint density at radius 1 is 1.13 bits per heavy atom. The van der Waals surface area contributed by atoms with Crippen molar-refractivity contribution in [1.29, 1.82) is 0 Å². The molecule has 0 saturated heterocycles. The van der Waals surface area contributed by atoms with Crippen molar-refractivity contribution in [3.8, 4) is 0 Å². The van der Waals surface area contributed by atoms with Gasteiger partial charge in [0.25, 0.3) is 0 Å². The number of benzene rings is 1. The van der Waals surface area contributed by atoms with E-state index in [9.17, 15) is 4.39 Å². The highest BCUT2D eigenvalue weighted by Gasteiger charge is 2.07. The number of pyridine rings is 1. The average molecular weight is 222 g/mol. The molecule has 1 nitrogen and oxygen atoms in total. The Bertz CT molecular complexity index is 456. The zero-order valence-electron chi connectivity index (χ0n) is 7.95. The summed E-state index contributed by atoms with van der Waals surface area (Å²) in [6.45, 7) is 0. The third-order valence-corrected chi connectivity index (χ3v) is 2.53. The van der Waals surface area contributed by atoms with Gasteiger partial charge in [0.15, 0.2) is 0 Å². The first kappa shape index (κ1) is 10.1. The summed E-state index contributed by atoms with van der Waals surface area (Å²) in [7, 11) is 0. The minimum atomic E-state index is -0.419. The summed E-state index contributed by atoms with van der Waals surface area (Å²) >= 11 is 5.81. The number of rotatable bonds is 2. The maximum absolute atomic E-state index is 13.1. The van der Waals surface area contributed by atoms with E-state index in [1.54, 1.807) is 0 Å². The van der Waals surface area contributed by atoms with E-state index >= 15 is 0 Å². The standard InChI is InChI=1S/C12H9ClFN/c13-12-10(14)6-7-15-11(12)8-9-4-2-1-3-5-9/h1-7H,8H2. The zero-order valence-corrected chi connectivity index (χ0v) is 8.71. The molecule has 0 unspecified atom stereocenters. The van der Waals surface area contributed by atoms with Gasteiger partial charge in [-0.1, -0.05) is 41.9 Å². The molecule has 0 atom stereocenters. The summed E-state index contributed by atoms with van der Waals surface area (Å²) < 4.78 is 13.1. The third-order valence-electron chi connectivity index (χ3n) is 2.13. The molecule has 0 aliphatic carbocycles. The first-order chi connectivity index (χ1) is 7.27. The summed E-state index contributed by atoms with van der Waals surface area (Å²) in [4.78, 5) is 4.06. The van der Waals surface area contributed by atoms with Crippen molar-refractivity contribution in [2.45, 2.75) is 6.42 Å². The second kappa shape index (κ2) is 4.41. The minimum absolute atomic E-state index is 0.112. The molecular weight excluding hydrogens is 213 g/mol. The van der Waals surface area contributed by atoms with E-state index in [4.69, 9.17) is 11.6 Å². The normalized spacial score (nSPS) is 10.3. The van der Waals surface area contributed by atoms with Crippen LogP contribution in [0.25, 0.3) is 0 Å². The fourth-order valence-electron chi connectivity index (χ4n) is 1.37. The Morgan fingerprint density at radius 3 is 2.60 bits per heavy atom. The van der Waals surface area contributed by atoms with E-state index in [1.165, 1.54) is 12.3 Å². The lowest BCUT2D eigenvalue weighted by atomic mass is 10.1. The lowest BCUT2D eigenvalue weighted by molar-refractivity contribution is 0.623. The second-order valence-electron chi connectivity index (χ2n) is 3.22. The Labute approximate surface area is 92.5 Å². The van der Waals surface area contributed by atoms with Crippen LogP contribution in [0.1, 0.15) is 11.3 Å². The Hall–Kier alpha value is -1.41. The highest BCUT2D eigenvalue weighted by atomic mass is 35.5. The molecule has 0 radical (unpaired) electrons. The topological polar surface area (TPSA) is 12.9 Å². The van der Waals surface area contributed by atoms with E-state index in [2.05, 4.69) is 4.98 Å². The van der Waals surface area contributed by atoms with Gasteiger partial charge in [0.2, 0.25) is 0 Å². The maximum atomic E-state index is 13.1. The molecule has 0 aliphatic rings. The number of hydrogen-bond acceptors (Lipinski definition) is 1. The van der Waals surface area contributed by atoms with Crippen molar-refractivity contribution in [1.82, 2.24) is 4.98 Å². The third kappa shape index (κ3) is 2.34. The van der Waals surface area contributed by atoms with Crippen molar-refractivity contribution >= 4 is 11.6 Å². The highest BCUT2D eigenvalue weighted by Crippen LogP contribution is 2.19. The lowest BCUT2D eigenvalue weighted by Gasteiger charge is -2.03. The van der Waals surface area contributed by atoms with Crippen molar-refractivity contribution in [3.63, 3.8) is 0 Å². The number of hydrogen-bond donors (Lipinski definition) is 0. The smallest absolute Gasteiger partial charge is 0.145 e. The van der Waals surface area contributed by atoms with Crippen LogP contribution in [0.3, 0.4) is 0 Å². The second-order valence-corrected chi connectivity index (χ2v) is 3.59.